The summed E-state index contributed by atoms with van der Waals surface area (Å²) in [5, 5.41) is 2.48. The van der Waals surface area contributed by atoms with Crippen LogP contribution in [0.4, 0.5) is 34.1 Å². The van der Waals surface area contributed by atoms with Gasteiger partial charge in [0.2, 0.25) is 0 Å². The van der Waals surface area contributed by atoms with Gasteiger partial charge in [0, 0.05) is 27.3 Å². The quantitative estimate of drug-likeness (QED) is 0.165. The van der Waals surface area contributed by atoms with Gasteiger partial charge < -0.3 is 9.80 Å². The second-order valence-electron chi connectivity index (χ2n) is 18.2. The molecule has 2 aliphatic heterocycles. The highest BCUT2D eigenvalue weighted by molar-refractivity contribution is 6.05. The van der Waals surface area contributed by atoms with Gasteiger partial charge in [-0.25, -0.2) is 0 Å². The third kappa shape index (κ3) is 5.12. The van der Waals surface area contributed by atoms with E-state index < -0.39 is 0 Å². The Morgan fingerprint density at radius 1 is 0.339 bits per heavy atom. The SMILES string of the molecule is CC1(C)c2cc(C=Cc3ccc(N4c5ccccc5C(C)(C)c5ccccc54)c4ccccc34)ccc2-c2ccc(N3c4ccccc4C(C)(C)c4ccccc43)cc21. The van der Waals surface area contributed by atoms with E-state index in [1.54, 1.807) is 0 Å². The monoisotopic (exact) mass is 760 g/mol. The van der Waals surface area contributed by atoms with Crippen molar-refractivity contribution in [3.63, 3.8) is 0 Å². The largest absolute Gasteiger partial charge is 0.310 e. The highest BCUT2D eigenvalue weighted by Gasteiger charge is 2.40. The fourth-order valence-electron chi connectivity index (χ4n) is 10.7. The van der Waals surface area contributed by atoms with Crippen LogP contribution in [0.5, 0.6) is 0 Å². The number of anilines is 6. The molecule has 0 radical (unpaired) electrons. The van der Waals surface area contributed by atoms with Crippen molar-refractivity contribution >= 4 is 57.0 Å². The van der Waals surface area contributed by atoms with Crippen LogP contribution >= 0.6 is 0 Å². The molecule has 286 valence electrons. The van der Waals surface area contributed by atoms with E-state index in [0.29, 0.717) is 0 Å². The predicted molar refractivity (Wildman–Crippen MR) is 251 cm³/mol. The van der Waals surface area contributed by atoms with Crippen LogP contribution in [0, 0.1) is 0 Å². The van der Waals surface area contributed by atoms with Gasteiger partial charge in [0.05, 0.1) is 28.4 Å². The third-order valence-electron chi connectivity index (χ3n) is 13.8. The van der Waals surface area contributed by atoms with Crippen LogP contribution in [0.3, 0.4) is 0 Å². The molecule has 0 atom stereocenters. The van der Waals surface area contributed by atoms with Crippen LogP contribution in [0.15, 0.2) is 170 Å². The molecule has 3 aliphatic rings. The average Bonchev–Trinajstić information content (AvgIpc) is 3.48. The van der Waals surface area contributed by atoms with E-state index in [1.807, 2.05) is 0 Å². The van der Waals surface area contributed by atoms with E-state index in [4.69, 9.17) is 0 Å². The molecule has 0 saturated carbocycles. The van der Waals surface area contributed by atoms with Crippen molar-refractivity contribution in [1.29, 1.82) is 0 Å². The molecule has 0 bridgehead atoms. The molecule has 0 N–H and O–H groups in total. The first-order chi connectivity index (χ1) is 28.5. The highest BCUT2D eigenvalue weighted by atomic mass is 15.2. The highest BCUT2D eigenvalue weighted by Crippen LogP contribution is 2.56. The molecule has 2 nitrogen and oxygen atoms in total. The summed E-state index contributed by atoms with van der Waals surface area (Å²) < 4.78 is 0. The van der Waals surface area contributed by atoms with Crippen molar-refractivity contribution in [1.82, 2.24) is 0 Å². The summed E-state index contributed by atoms with van der Waals surface area (Å²) in [5.41, 5.74) is 20.3. The lowest BCUT2D eigenvalue weighted by Gasteiger charge is -2.42. The molecular formula is C57H48N2. The number of nitrogens with zero attached hydrogens (tertiary/aromatic N) is 2. The Morgan fingerprint density at radius 3 is 1.34 bits per heavy atom. The first-order valence-corrected chi connectivity index (χ1v) is 21.0. The normalized spacial score (nSPS) is 16.2. The van der Waals surface area contributed by atoms with Crippen LogP contribution in [0.1, 0.15) is 86.1 Å². The first-order valence-electron chi connectivity index (χ1n) is 21.0. The molecule has 8 aromatic carbocycles. The first kappa shape index (κ1) is 35.5. The number of hydrogen-bond donors (Lipinski definition) is 0. The fraction of sp³-hybridized carbons (Fsp3) is 0.158. The van der Waals surface area contributed by atoms with Crippen molar-refractivity contribution in [2.45, 2.75) is 57.8 Å². The lowest BCUT2D eigenvalue weighted by Crippen LogP contribution is -2.30. The summed E-state index contributed by atoms with van der Waals surface area (Å²) in [6, 6.07) is 63.3. The van der Waals surface area contributed by atoms with Crippen LogP contribution in [-0.2, 0) is 16.2 Å². The van der Waals surface area contributed by atoms with Gasteiger partial charge in [-0.1, -0.05) is 181 Å². The van der Waals surface area contributed by atoms with Gasteiger partial charge in [-0.3, -0.25) is 0 Å². The number of fused-ring (bicyclic) bond motifs is 8. The number of hydrogen-bond acceptors (Lipinski definition) is 2. The Kier molecular flexibility index (Phi) is 7.63. The molecular weight excluding hydrogens is 713 g/mol. The smallest absolute Gasteiger partial charge is 0.0540 e. The fourth-order valence-corrected chi connectivity index (χ4v) is 10.7. The van der Waals surface area contributed by atoms with E-state index >= 15 is 0 Å². The predicted octanol–water partition coefficient (Wildman–Crippen LogP) is 15.5. The lowest BCUT2D eigenvalue weighted by molar-refractivity contribution is 0.631. The molecule has 11 rings (SSSR count). The minimum absolute atomic E-state index is 0.0859. The Morgan fingerprint density at radius 2 is 0.780 bits per heavy atom. The van der Waals surface area contributed by atoms with Gasteiger partial charge >= 0.3 is 0 Å². The third-order valence-corrected chi connectivity index (χ3v) is 13.8. The number of para-hydroxylation sites is 4. The second kappa shape index (κ2) is 12.7. The summed E-state index contributed by atoms with van der Waals surface area (Å²) in [4.78, 5) is 4.95. The molecule has 1 aliphatic carbocycles. The Labute approximate surface area is 348 Å². The summed E-state index contributed by atoms with van der Waals surface area (Å²) in [7, 11) is 0. The van der Waals surface area contributed by atoms with Gasteiger partial charge in [0.1, 0.15) is 0 Å². The minimum atomic E-state index is -0.164. The van der Waals surface area contributed by atoms with Gasteiger partial charge in [0.15, 0.2) is 0 Å². The van der Waals surface area contributed by atoms with Gasteiger partial charge in [-0.05, 0) is 103 Å². The topological polar surface area (TPSA) is 6.48 Å². The maximum Gasteiger partial charge on any atom is 0.0540 e. The van der Waals surface area contributed by atoms with E-state index in [2.05, 4.69) is 233 Å². The number of rotatable bonds is 4. The summed E-state index contributed by atoms with van der Waals surface area (Å²) >= 11 is 0. The van der Waals surface area contributed by atoms with Crippen molar-refractivity contribution in [2.75, 3.05) is 9.80 Å². The van der Waals surface area contributed by atoms with Crippen molar-refractivity contribution < 1.29 is 0 Å². The molecule has 0 fully saturated rings. The lowest BCUT2D eigenvalue weighted by atomic mass is 9.73. The van der Waals surface area contributed by atoms with E-state index in [-0.39, 0.29) is 16.2 Å². The molecule has 0 spiro atoms. The molecule has 2 heterocycles. The number of benzene rings is 8. The Balaban J connectivity index is 0.953. The zero-order valence-electron chi connectivity index (χ0n) is 34.7. The molecule has 0 saturated heterocycles. The van der Waals surface area contributed by atoms with Gasteiger partial charge in [0.25, 0.3) is 0 Å². The van der Waals surface area contributed by atoms with Crippen LogP contribution in [-0.4, -0.2) is 0 Å². The summed E-state index contributed by atoms with van der Waals surface area (Å²) in [6.45, 7) is 14.2. The summed E-state index contributed by atoms with van der Waals surface area (Å²) in [6.07, 6.45) is 4.60. The Bertz CT molecular complexity index is 2950. The standard InChI is InChI=1S/C57H48N2/c1-55(2)44-19-9-13-23-51(44)58(52-24-14-10-20-45(52)55)39-31-33-42-41-32-28-37(35-48(41)57(5,6)49(42)36-39)27-29-38-30-34-50(43-18-8-7-17-40(38)43)59-53-25-15-11-21-46(53)56(3,4)47-22-12-16-26-54(47)59/h7-36H,1-6H3. The van der Waals surface area contributed by atoms with Gasteiger partial charge in [-0.15, -0.1) is 0 Å². The molecule has 8 aromatic rings. The summed E-state index contributed by atoms with van der Waals surface area (Å²) in [5.74, 6) is 0. The van der Waals surface area contributed by atoms with Crippen molar-refractivity contribution in [2.24, 2.45) is 0 Å². The maximum atomic E-state index is 2.47. The van der Waals surface area contributed by atoms with E-state index in [0.717, 1.165) is 0 Å². The molecule has 0 amide bonds. The molecule has 2 heteroatoms. The van der Waals surface area contributed by atoms with E-state index in [1.165, 1.54) is 101 Å². The molecule has 0 aromatic heterocycles. The molecule has 0 unspecified atom stereocenters. The van der Waals surface area contributed by atoms with Gasteiger partial charge in [-0.2, -0.15) is 0 Å². The zero-order valence-corrected chi connectivity index (χ0v) is 34.7. The minimum Gasteiger partial charge on any atom is -0.310 e. The van der Waals surface area contributed by atoms with Crippen molar-refractivity contribution in [3.8, 4) is 11.1 Å². The van der Waals surface area contributed by atoms with Crippen LogP contribution in [0.2, 0.25) is 0 Å². The average molecular weight is 761 g/mol. The van der Waals surface area contributed by atoms with E-state index in [9.17, 15) is 0 Å². The van der Waals surface area contributed by atoms with Crippen LogP contribution < -0.4 is 9.80 Å². The second-order valence-corrected chi connectivity index (χ2v) is 18.2. The Hall–Kier alpha value is -6.64. The molecule has 59 heavy (non-hydrogen) atoms. The van der Waals surface area contributed by atoms with Crippen LogP contribution in [0.25, 0.3) is 34.1 Å². The zero-order chi connectivity index (χ0) is 40.3. The van der Waals surface area contributed by atoms with Crippen molar-refractivity contribution in [3.05, 3.63) is 214 Å². The maximum absolute atomic E-state index is 2.47.